The number of hydrogen-bond acceptors (Lipinski definition) is 6. The minimum atomic E-state index is -0.584. The number of dihydropyridines is 2. The van der Waals surface area contributed by atoms with Gasteiger partial charge in [-0.15, -0.1) is 0 Å². The molecular weight excluding hydrogens is 258 g/mol. The Labute approximate surface area is 116 Å². The number of carbonyl (C=O) groups is 1. The molecule has 0 saturated carbocycles. The van der Waals surface area contributed by atoms with Gasteiger partial charge in [-0.05, 0) is 29.4 Å². The van der Waals surface area contributed by atoms with Crippen LogP contribution in [0.4, 0.5) is 4.79 Å². The lowest BCUT2D eigenvalue weighted by Crippen LogP contribution is -2.48. The number of carbonyl (C=O) groups excluding carboxylic acids is 1. The average molecular weight is 277 g/mol. The van der Waals surface area contributed by atoms with Gasteiger partial charge in [0.2, 0.25) is 0 Å². The molecule has 0 fully saturated rings. The van der Waals surface area contributed by atoms with Crippen LogP contribution < -0.4 is 38.7 Å². The highest BCUT2D eigenvalue weighted by Gasteiger charge is 2.19. The summed E-state index contributed by atoms with van der Waals surface area (Å²) in [7, 11) is 0. The summed E-state index contributed by atoms with van der Waals surface area (Å²) >= 11 is 0. The fraction of sp³-hybridized carbons (Fsp3) is 0.250. The molecule has 1 atom stereocenters. The van der Waals surface area contributed by atoms with E-state index in [0.29, 0.717) is 13.1 Å². The molecule has 0 radical (unpaired) electrons. The first-order chi connectivity index (χ1) is 9.63. The summed E-state index contributed by atoms with van der Waals surface area (Å²) in [5.74, 6) is 5.29. The Bertz CT molecular complexity index is 518. The second-order valence-electron chi connectivity index (χ2n) is 4.38. The van der Waals surface area contributed by atoms with Crippen LogP contribution in [0.2, 0.25) is 0 Å². The van der Waals surface area contributed by atoms with E-state index in [1.54, 1.807) is 6.20 Å². The second kappa shape index (κ2) is 6.13. The van der Waals surface area contributed by atoms with Crippen molar-refractivity contribution in [3.8, 4) is 0 Å². The molecule has 2 heterocycles. The highest BCUT2D eigenvalue weighted by atomic mass is 16.2. The Morgan fingerprint density at radius 1 is 1.50 bits per heavy atom. The minimum absolute atomic E-state index is 0.332. The Morgan fingerprint density at radius 2 is 2.30 bits per heavy atom. The Hall–Kier alpha value is -2.45. The molecule has 2 amide bonds. The maximum Gasteiger partial charge on any atom is 0.314 e. The van der Waals surface area contributed by atoms with Crippen molar-refractivity contribution in [2.24, 2.45) is 17.3 Å². The minimum Gasteiger partial charge on any atom is -0.379 e. The highest BCUT2D eigenvalue weighted by Crippen LogP contribution is 2.19. The van der Waals surface area contributed by atoms with Crippen LogP contribution in [0.3, 0.4) is 0 Å². The molecular formula is C12H19N7O. The number of hydrogen-bond donors (Lipinski definition) is 7. The van der Waals surface area contributed by atoms with E-state index >= 15 is 0 Å². The van der Waals surface area contributed by atoms with Gasteiger partial charge in [0.1, 0.15) is 6.17 Å². The molecule has 2 aliphatic heterocycles. The molecule has 10 N–H and O–H groups in total. The van der Waals surface area contributed by atoms with Crippen molar-refractivity contribution < 1.29 is 4.79 Å². The fourth-order valence-electron chi connectivity index (χ4n) is 2.09. The first kappa shape index (κ1) is 14.0. The third-order valence-corrected chi connectivity index (χ3v) is 3.03. The predicted molar refractivity (Wildman–Crippen MR) is 76.4 cm³/mol. The van der Waals surface area contributed by atoms with Crippen molar-refractivity contribution in [2.45, 2.75) is 6.17 Å². The lowest BCUT2D eigenvalue weighted by Gasteiger charge is -2.28. The highest BCUT2D eigenvalue weighted by molar-refractivity contribution is 5.72. The smallest absolute Gasteiger partial charge is 0.314 e. The van der Waals surface area contributed by atoms with Crippen LogP contribution >= 0.6 is 0 Å². The van der Waals surface area contributed by atoms with Gasteiger partial charge < -0.3 is 32.8 Å². The third-order valence-electron chi connectivity index (χ3n) is 3.03. The van der Waals surface area contributed by atoms with Crippen molar-refractivity contribution in [3.05, 3.63) is 47.0 Å². The number of allylic oxidation sites excluding steroid dienone is 2. The van der Waals surface area contributed by atoms with Crippen LogP contribution in [-0.4, -0.2) is 25.3 Å². The number of nitrogens with one attached hydrogen (secondary N) is 4. The van der Waals surface area contributed by atoms with E-state index in [1.807, 2.05) is 18.2 Å². The lowest BCUT2D eigenvalue weighted by molar-refractivity contribution is 0.246. The fourth-order valence-corrected chi connectivity index (χ4v) is 2.09. The van der Waals surface area contributed by atoms with Gasteiger partial charge >= 0.3 is 6.03 Å². The Morgan fingerprint density at radius 3 is 2.95 bits per heavy atom. The Balaban J connectivity index is 2.17. The summed E-state index contributed by atoms with van der Waals surface area (Å²) in [5, 5.41) is 9.01. The molecule has 0 spiro atoms. The summed E-state index contributed by atoms with van der Waals surface area (Å²) in [6.45, 7) is 1.03. The SMILES string of the molecule is NC/C(=C\NN)C1=CC2=C(C=C[C@H](NC(N)=O)N2)NC1. The number of rotatable bonds is 4. The molecule has 8 nitrogen and oxygen atoms in total. The molecule has 108 valence electrons. The second-order valence-corrected chi connectivity index (χ2v) is 4.38. The molecule has 0 aromatic carbocycles. The maximum atomic E-state index is 10.9. The van der Waals surface area contributed by atoms with Crippen LogP contribution in [-0.2, 0) is 0 Å². The van der Waals surface area contributed by atoms with Gasteiger partial charge in [-0.2, -0.15) is 0 Å². The maximum absolute atomic E-state index is 10.9. The number of amides is 2. The van der Waals surface area contributed by atoms with Crippen molar-refractivity contribution in [2.75, 3.05) is 13.1 Å². The zero-order valence-corrected chi connectivity index (χ0v) is 10.9. The van der Waals surface area contributed by atoms with E-state index in [2.05, 4.69) is 21.4 Å². The summed E-state index contributed by atoms with van der Waals surface area (Å²) in [4.78, 5) is 10.9. The molecule has 0 saturated heterocycles. The van der Waals surface area contributed by atoms with Gasteiger partial charge in [-0.3, -0.25) is 5.84 Å². The first-order valence-corrected chi connectivity index (χ1v) is 6.19. The zero-order valence-electron chi connectivity index (χ0n) is 10.9. The molecule has 20 heavy (non-hydrogen) atoms. The molecule has 0 aliphatic carbocycles. The standard InChI is InChI=1S/C12H19N7O/c13-4-8(6-17-15)7-3-10-9(16-5-7)1-2-11(18-10)19-12(14)20/h1-3,6,11,16-18H,4-5,13,15H2,(H3,14,19,20)/b8-6+/t11-/m0/s1. The lowest BCUT2D eigenvalue weighted by atomic mass is 10.0. The van der Waals surface area contributed by atoms with Gasteiger partial charge in [0.25, 0.3) is 0 Å². The van der Waals surface area contributed by atoms with Gasteiger partial charge in [0.15, 0.2) is 0 Å². The average Bonchev–Trinajstić information content (AvgIpc) is 2.43. The molecule has 2 aliphatic rings. The van der Waals surface area contributed by atoms with Crippen LogP contribution in [0, 0.1) is 0 Å². The summed E-state index contributed by atoms with van der Waals surface area (Å²) in [6, 6.07) is -0.584. The van der Waals surface area contributed by atoms with Crippen LogP contribution in [0.15, 0.2) is 47.0 Å². The largest absolute Gasteiger partial charge is 0.379 e. The van der Waals surface area contributed by atoms with E-state index in [0.717, 1.165) is 22.5 Å². The Kier molecular flexibility index (Phi) is 4.28. The van der Waals surface area contributed by atoms with Crippen molar-refractivity contribution in [1.29, 1.82) is 0 Å². The topological polar surface area (TPSA) is 143 Å². The zero-order chi connectivity index (χ0) is 14.5. The summed E-state index contributed by atoms with van der Waals surface area (Å²) in [5.41, 5.74) is 17.0. The van der Waals surface area contributed by atoms with E-state index in [4.69, 9.17) is 17.3 Å². The molecule has 0 aromatic rings. The number of primary amides is 1. The normalized spacial score (nSPS) is 21.4. The molecule has 8 heteroatoms. The third kappa shape index (κ3) is 3.11. The predicted octanol–water partition coefficient (Wildman–Crippen LogP) is -1.81. The van der Waals surface area contributed by atoms with Crippen molar-refractivity contribution >= 4 is 6.03 Å². The van der Waals surface area contributed by atoms with Gasteiger partial charge in [-0.25, -0.2) is 4.79 Å². The van der Waals surface area contributed by atoms with E-state index in [9.17, 15) is 4.79 Å². The monoisotopic (exact) mass is 277 g/mol. The van der Waals surface area contributed by atoms with Crippen molar-refractivity contribution in [1.82, 2.24) is 21.4 Å². The molecule has 0 unspecified atom stereocenters. The number of nitrogens with two attached hydrogens (primary N) is 3. The van der Waals surface area contributed by atoms with Crippen LogP contribution in [0.1, 0.15) is 0 Å². The van der Waals surface area contributed by atoms with E-state index in [-0.39, 0.29) is 6.17 Å². The molecule has 2 rings (SSSR count). The van der Waals surface area contributed by atoms with Crippen molar-refractivity contribution in [3.63, 3.8) is 0 Å². The molecule has 0 bridgehead atoms. The van der Waals surface area contributed by atoms with Gasteiger partial charge in [0.05, 0.1) is 11.4 Å². The molecule has 0 aromatic heterocycles. The van der Waals surface area contributed by atoms with Gasteiger partial charge in [-0.1, -0.05) is 0 Å². The number of hydrazine groups is 1. The number of urea groups is 1. The van der Waals surface area contributed by atoms with Gasteiger partial charge in [0, 0.05) is 19.3 Å². The summed E-state index contributed by atoms with van der Waals surface area (Å²) in [6.07, 6.45) is 7.02. The summed E-state index contributed by atoms with van der Waals surface area (Å²) < 4.78 is 0. The van der Waals surface area contributed by atoms with E-state index < -0.39 is 6.03 Å². The van der Waals surface area contributed by atoms with E-state index in [1.165, 1.54) is 0 Å². The van der Waals surface area contributed by atoms with Crippen LogP contribution in [0.25, 0.3) is 0 Å². The quantitative estimate of drug-likeness (QED) is 0.238. The van der Waals surface area contributed by atoms with Crippen LogP contribution in [0.5, 0.6) is 0 Å². The first-order valence-electron chi connectivity index (χ1n) is 6.19.